The Labute approximate surface area is 134 Å². The van der Waals surface area contributed by atoms with Crippen LogP contribution in [-0.4, -0.2) is 16.1 Å². The number of rotatable bonds is 4. The zero-order chi connectivity index (χ0) is 16.2. The maximum Gasteiger partial charge on any atom is 0.257 e. The van der Waals surface area contributed by atoms with Crippen LogP contribution in [0.1, 0.15) is 20.9 Å². The molecule has 23 heavy (non-hydrogen) atoms. The number of amides is 1. The third-order valence-corrected chi connectivity index (χ3v) is 3.93. The van der Waals surface area contributed by atoms with Gasteiger partial charge in [-0.05, 0) is 35.9 Å². The van der Waals surface area contributed by atoms with Gasteiger partial charge in [0.25, 0.3) is 5.91 Å². The van der Waals surface area contributed by atoms with Crippen molar-refractivity contribution in [2.75, 3.05) is 5.32 Å². The third-order valence-electron chi connectivity index (χ3n) is 3.09. The molecule has 0 saturated heterocycles. The molecule has 3 rings (SSSR count). The minimum atomic E-state index is -0.412. The highest BCUT2D eigenvalue weighted by Gasteiger charge is 2.11. The van der Waals surface area contributed by atoms with Crippen molar-refractivity contribution in [1.29, 1.82) is 0 Å². The van der Waals surface area contributed by atoms with Gasteiger partial charge in [0.2, 0.25) is 5.13 Å². The number of hydrogen-bond acceptors (Lipinski definition) is 4. The van der Waals surface area contributed by atoms with E-state index in [-0.39, 0.29) is 5.82 Å². The molecule has 0 atom stereocenters. The molecule has 4 nitrogen and oxygen atoms in total. The molecule has 1 heterocycles. The first-order valence-electron chi connectivity index (χ1n) is 6.74. The minimum Gasteiger partial charge on any atom is -0.296 e. The predicted octanol–water partition coefficient (Wildman–Crippen LogP) is 3.66. The van der Waals surface area contributed by atoms with E-state index < -0.39 is 11.7 Å². The standard InChI is InChI=1S/C16H11F2N3OS/c17-12-7-5-10(6-8-12)15(22)19-16-21-20-14(23-16)9-11-3-1-2-4-13(11)18/h1-8H,9H2,(H,19,21,22). The third kappa shape index (κ3) is 3.75. The first-order chi connectivity index (χ1) is 11.1. The van der Waals surface area contributed by atoms with Crippen LogP contribution in [0.5, 0.6) is 0 Å². The van der Waals surface area contributed by atoms with Crippen LogP contribution in [0.2, 0.25) is 0 Å². The highest BCUT2D eigenvalue weighted by Crippen LogP contribution is 2.20. The van der Waals surface area contributed by atoms with Crippen LogP contribution in [0.4, 0.5) is 13.9 Å². The van der Waals surface area contributed by atoms with Crippen molar-refractivity contribution >= 4 is 22.4 Å². The van der Waals surface area contributed by atoms with Crippen molar-refractivity contribution in [3.8, 4) is 0 Å². The van der Waals surface area contributed by atoms with Gasteiger partial charge in [0, 0.05) is 12.0 Å². The number of carbonyl (C=O) groups is 1. The summed E-state index contributed by atoms with van der Waals surface area (Å²) < 4.78 is 26.4. The van der Waals surface area contributed by atoms with Crippen molar-refractivity contribution in [3.63, 3.8) is 0 Å². The topological polar surface area (TPSA) is 54.9 Å². The molecule has 7 heteroatoms. The summed E-state index contributed by atoms with van der Waals surface area (Å²) in [5, 5.41) is 11.3. The van der Waals surface area contributed by atoms with Gasteiger partial charge in [-0.25, -0.2) is 8.78 Å². The van der Waals surface area contributed by atoms with E-state index in [2.05, 4.69) is 15.5 Å². The van der Waals surface area contributed by atoms with Crippen LogP contribution in [0.25, 0.3) is 0 Å². The van der Waals surface area contributed by atoms with Crippen LogP contribution in [-0.2, 0) is 6.42 Å². The molecule has 0 aliphatic heterocycles. The molecule has 2 aromatic carbocycles. The van der Waals surface area contributed by atoms with E-state index >= 15 is 0 Å². The zero-order valence-corrected chi connectivity index (χ0v) is 12.6. The maximum absolute atomic E-state index is 13.6. The number of carbonyl (C=O) groups excluding carboxylic acids is 1. The monoisotopic (exact) mass is 331 g/mol. The van der Waals surface area contributed by atoms with Crippen molar-refractivity contribution in [3.05, 3.63) is 76.3 Å². The Balaban J connectivity index is 1.68. The van der Waals surface area contributed by atoms with Crippen molar-refractivity contribution in [1.82, 2.24) is 10.2 Å². The van der Waals surface area contributed by atoms with Gasteiger partial charge < -0.3 is 0 Å². The van der Waals surface area contributed by atoms with Crippen molar-refractivity contribution < 1.29 is 13.6 Å². The average Bonchev–Trinajstić information content (AvgIpc) is 2.97. The van der Waals surface area contributed by atoms with Gasteiger partial charge in [0.1, 0.15) is 16.6 Å². The van der Waals surface area contributed by atoms with Gasteiger partial charge in [0.05, 0.1) is 0 Å². The molecule has 0 aliphatic carbocycles. The fraction of sp³-hybridized carbons (Fsp3) is 0.0625. The fourth-order valence-corrected chi connectivity index (χ4v) is 2.71. The van der Waals surface area contributed by atoms with Crippen LogP contribution < -0.4 is 5.32 Å². The smallest absolute Gasteiger partial charge is 0.257 e. The first-order valence-corrected chi connectivity index (χ1v) is 7.56. The molecule has 0 unspecified atom stereocenters. The summed E-state index contributed by atoms with van der Waals surface area (Å²) in [5.41, 5.74) is 0.831. The first kappa shape index (κ1) is 15.2. The van der Waals surface area contributed by atoms with Gasteiger partial charge in [-0.1, -0.05) is 29.5 Å². The number of halogens is 2. The molecule has 3 aromatic rings. The van der Waals surface area contributed by atoms with Crippen LogP contribution in [0.15, 0.2) is 48.5 Å². The minimum absolute atomic E-state index is 0.302. The molecule has 1 aromatic heterocycles. The number of hydrogen-bond donors (Lipinski definition) is 1. The molecule has 0 spiro atoms. The van der Waals surface area contributed by atoms with Gasteiger partial charge in [-0.15, -0.1) is 10.2 Å². The summed E-state index contributed by atoms with van der Waals surface area (Å²) in [6.45, 7) is 0. The van der Waals surface area contributed by atoms with E-state index in [4.69, 9.17) is 0 Å². The molecule has 0 radical (unpaired) electrons. The molecule has 0 fully saturated rings. The van der Waals surface area contributed by atoms with Gasteiger partial charge in [-0.2, -0.15) is 0 Å². The number of anilines is 1. The second-order valence-electron chi connectivity index (χ2n) is 4.73. The second-order valence-corrected chi connectivity index (χ2v) is 5.79. The van der Waals surface area contributed by atoms with Crippen molar-refractivity contribution in [2.24, 2.45) is 0 Å². The number of nitrogens with one attached hydrogen (secondary N) is 1. The summed E-state index contributed by atoms with van der Waals surface area (Å²) in [5.74, 6) is -1.12. The molecule has 116 valence electrons. The second kappa shape index (κ2) is 6.62. The lowest BCUT2D eigenvalue weighted by molar-refractivity contribution is 0.102. The van der Waals surface area contributed by atoms with E-state index in [9.17, 15) is 13.6 Å². The molecule has 0 bridgehead atoms. The van der Waals surface area contributed by atoms with E-state index in [1.54, 1.807) is 18.2 Å². The number of aromatic nitrogens is 2. The lowest BCUT2D eigenvalue weighted by atomic mass is 10.1. The zero-order valence-electron chi connectivity index (χ0n) is 11.8. The quantitative estimate of drug-likeness (QED) is 0.794. The number of nitrogens with zero attached hydrogens (tertiary/aromatic N) is 2. The Morgan fingerprint density at radius 3 is 2.52 bits per heavy atom. The summed E-state index contributed by atoms with van der Waals surface area (Å²) in [4.78, 5) is 12.0. The molecule has 0 aliphatic rings. The summed E-state index contributed by atoms with van der Waals surface area (Å²) in [7, 11) is 0. The summed E-state index contributed by atoms with van der Waals surface area (Å²) in [6, 6.07) is 11.6. The fourth-order valence-electron chi connectivity index (χ4n) is 1.95. The Bertz CT molecular complexity index is 833. The van der Waals surface area contributed by atoms with E-state index in [1.807, 2.05) is 0 Å². The predicted molar refractivity (Wildman–Crippen MR) is 83.5 cm³/mol. The van der Waals surface area contributed by atoms with Crippen LogP contribution >= 0.6 is 11.3 Å². The lowest BCUT2D eigenvalue weighted by Crippen LogP contribution is -2.11. The molecular formula is C16H11F2N3OS. The maximum atomic E-state index is 13.6. The molecule has 1 amide bonds. The summed E-state index contributed by atoms with van der Waals surface area (Å²) >= 11 is 1.17. The molecule has 1 N–H and O–H groups in total. The van der Waals surface area contributed by atoms with Crippen LogP contribution in [0.3, 0.4) is 0 Å². The van der Waals surface area contributed by atoms with E-state index in [0.717, 1.165) is 0 Å². The summed E-state index contributed by atoms with van der Waals surface area (Å²) in [6.07, 6.45) is 0.302. The largest absolute Gasteiger partial charge is 0.296 e. The Hall–Kier alpha value is -2.67. The molecular weight excluding hydrogens is 320 g/mol. The highest BCUT2D eigenvalue weighted by atomic mass is 32.1. The highest BCUT2D eigenvalue weighted by molar-refractivity contribution is 7.15. The van der Waals surface area contributed by atoms with E-state index in [0.29, 0.717) is 27.7 Å². The van der Waals surface area contributed by atoms with E-state index in [1.165, 1.54) is 41.7 Å². The SMILES string of the molecule is O=C(Nc1nnc(Cc2ccccc2F)s1)c1ccc(F)cc1. The van der Waals surface area contributed by atoms with Gasteiger partial charge >= 0.3 is 0 Å². The normalized spacial score (nSPS) is 10.5. The van der Waals surface area contributed by atoms with Gasteiger partial charge in [0.15, 0.2) is 0 Å². The van der Waals surface area contributed by atoms with Crippen molar-refractivity contribution in [2.45, 2.75) is 6.42 Å². The Morgan fingerprint density at radius 2 is 1.78 bits per heavy atom. The molecule has 0 saturated carbocycles. The average molecular weight is 331 g/mol. The van der Waals surface area contributed by atoms with Crippen LogP contribution in [0, 0.1) is 11.6 Å². The Kier molecular flexibility index (Phi) is 4.38. The lowest BCUT2D eigenvalue weighted by Gasteiger charge is -2.00. The van der Waals surface area contributed by atoms with Gasteiger partial charge in [-0.3, -0.25) is 10.1 Å². The number of benzene rings is 2. The Morgan fingerprint density at radius 1 is 1.04 bits per heavy atom.